The van der Waals surface area contributed by atoms with Gasteiger partial charge in [-0.3, -0.25) is 23.2 Å². The summed E-state index contributed by atoms with van der Waals surface area (Å²) in [5.41, 5.74) is 0. The first-order valence-corrected chi connectivity index (χ1v) is 26.9. The largest absolute Gasteiger partial charge is 0.472 e. The van der Waals surface area contributed by atoms with Crippen molar-refractivity contribution < 1.29 is 76.9 Å². The molecule has 1 fully saturated rings. The van der Waals surface area contributed by atoms with Crippen molar-refractivity contribution in [2.75, 3.05) is 19.0 Å². The summed E-state index contributed by atoms with van der Waals surface area (Å²) in [4.78, 5) is 54.2. The Hall–Kier alpha value is -0.650. The van der Waals surface area contributed by atoms with Gasteiger partial charge < -0.3 is 44.6 Å². The third-order valence-electron chi connectivity index (χ3n) is 11.0. The predicted octanol–water partition coefficient (Wildman–Crippen LogP) is 8.14. The zero-order valence-electron chi connectivity index (χ0n) is 36.8. The van der Waals surface area contributed by atoms with Gasteiger partial charge in [-0.25, -0.2) is 9.13 Å². The van der Waals surface area contributed by atoms with Gasteiger partial charge in [0, 0.05) is 12.8 Å². The van der Waals surface area contributed by atoms with Crippen molar-refractivity contribution >= 4 is 40.2 Å². The van der Waals surface area contributed by atoms with E-state index in [1.807, 2.05) is 0 Å². The normalized spacial score (nSPS) is 22.2. The first-order valence-electron chi connectivity index (χ1n) is 23.2. The molecule has 0 aromatic heterocycles. The highest BCUT2D eigenvalue weighted by Crippen LogP contribution is 2.49. The number of rotatable bonds is 40. The van der Waals surface area contributed by atoms with Crippen molar-refractivity contribution in [3.8, 4) is 0 Å². The van der Waals surface area contributed by atoms with Crippen LogP contribution in [0.4, 0.5) is 0 Å². The molecule has 0 amide bonds. The predicted molar refractivity (Wildman–Crippen MR) is 236 cm³/mol. The lowest BCUT2D eigenvalue weighted by Crippen LogP contribution is -2.64. The van der Waals surface area contributed by atoms with Crippen LogP contribution in [0.2, 0.25) is 0 Å². The summed E-state index contributed by atoms with van der Waals surface area (Å²) in [7, 11) is -10.7. The minimum absolute atomic E-state index is 0.0497. The Morgan fingerprint density at radius 2 is 0.885 bits per heavy atom. The lowest BCUT2D eigenvalue weighted by Gasteiger charge is -2.43. The second kappa shape index (κ2) is 35.6. The smallest absolute Gasteiger partial charge is 0.462 e. The number of aliphatic hydroxyl groups excluding tert-OH is 4. The molecule has 1 aliphatic carbocycles. The van der Waals surface area contributed by atoms with E-state index >= 15 is 0 Å². The number of aliphatic hydroxyl groups is 4. The quantitative estimate of drug-likeness (QED) is 0.0125. The summed E-state index contributed by atoms with van der Waals surface area (Å²) in [6, 6.07) is 0. The van der Waals surface area contributed by atoms with Gasteiger partial charge in [-0.1, -0.05) is 161 Å². The summed E-state index contributed by atoms with van der Waals surface area (Å²) >= 11 is 4.25. The average Bonchev–Trinajstić information content (AvgIpc) is 3.21. The maximum absolute atomic E-state index is 13.0. The van der Waals surface area contributed by atoms with E-state index in [2.05, 4.69) is 24.1 Å². The molecular weight excluding hydrogens is 854 g/mol. The summed E-state index contributed by atoms with van der Waals surface area (Å²) < 4.78 is 49.3. The topological polar surface area (TPSA) is 256 Å². The van der Waals surface area contributed by atoms with Crippen LogP contribution in [0.25, 0.3) is 0 Å². The molecule has 61 heavy (non-hydrogen) atoms. The number of ether oxygens (including phenoxy) is 2. The lowest BCUT2D eigenvalue weighted by molar-refractivity contribution is -0.216. The van der Waals surface area contributed by atoms with Crippen LogP contribution in [-0.2, 0) is 41.8 Å². The van der Waals surface area contributed by atoms with E-state index in [1.54, 1.807) is 0 Å². The summed E-state index contributed by atoms with van der Waals surface area (Å²) in [6.45, 7) is 0.884. The number of hydrogen-bond donors (Lipinski definition) is 8. The Morgan fingerprint density at radius 1 is 0.508 bits per heavy atom. The van der Waals surface area contributed by atoms with E-state index in [-0.39, 0.29) is 12.8 Å². The summed E-state index contributed by atoms with van der Waals surface area (Å²) in [5.74, 6) is -0.230. The van der Waals surface area contributed by atoms with Crippen molar-refractivity contribution in [3.05, 3.63) is 0 Å². The van der Waals surface area contributed by atoms with Gasteiger partial charge in [0.05, 0.1) is 6.61 Å². The molecule has 1 saturated carbocycles. The molecular formula is C42H82O16P2S. The fourth-order valence-corrected chi connectivity index (χ4v) is 9.12. The van der Waals surface area contributed by atoms with Gasteiger partial charge in [-0.2, -0.15) is 12.6 Å². The molecule has 7 N–H and O–H groups in total. The van der Waals surface area contributed by atoms with Gasteiger partial charge >= 0.3 is 27.6 Å². The maximum Gasteiger partial charge on any atom is 0.472 e. The van der Waals surface area contributed by atoms with Gasteiger partial charge in [0.25, 0.3) is 0 Å². The first kappa shape index (κ1) is 58.4. The molecule has 1 aliphatic rings. The molecule has 0 spiro atoms. The van der Waals surface area contributed by atoms with Crippen molar-refractivity contribution in [2.24, 2.45) is 0 Å². The second-order valence-corrected chi connectivity index (χ2v) is 19.6. The van der Waals surface area contributed by atoms with Crippen LogP contribution >= 0.6 is 28.3 Å². The molecule has 4 unspecified atom stereocenters. The van der Waals surface area contributed by atoms with E-state index in [0.29, 0.717) is 12.8 Å². The van der Waals surface area contributed by atoms with Crippen molar-refractivity contribution in [3.63, 3.8) is 0 Å². The summed E-state index contributed by atoms with van der Waals surface area (Å²) in [5, 5.41) is 41.2. The SMILES string of the molecule is CCCCCCCCCCCCCCCC(=O)O[C@H](COC(=O)CCCCCCCCCCCCCCCCS)COP(=O)(O)OC1C(O)[C@@H](O)C(O)[C@@H](OP(=O)(O)O)[C@H]1O. The number of phosphoric acid groups is 2. The lowest BCUT2D eigenvalue weighted by atomic mass is 9.85. The number of hydrogen-bond acceptors (Lipinski definition) is 14. The standard InChI is InChI=1S/C42H82O16P2S/c1-2-3-4-5-6-7-8-11-15-18-21-24-27-30-36(44)56-34(32-54-35(43)29-26-23-20-17-14-12-9-10-13-16-19-22-25-28-31-61)33-55-60(52,53)58-42-39(47)37(45)38(46)41(40(42)48)57-59(49,50)51/h34,37-42,45-48,61H,2-33H2,1H3,(H,52,53)(H2,49,50,51)/t34-,37+,38?,39?,40-,41-,42?/m1/s1. The number of carbonyl (C=O) groups excluding carboxylic acids is 2. The highest BCUT2D eigenvalue weighted by Gasteiger charge is 2.54. The number of thiol groups is 1. The Morgan fingerprint density at radius 3 is 1.30 bits per heavy atom. The monoisotopic (exact) mass is 936 g/mol. The minimum Gasteiger partial charge on any atom is -0.462 e. The van der Waals surface area contributed by atoms with E-state index in [4.69, 9.17) is 28.3 Å². The van der Waals surface area contributed by atoms with Crippen LogP contribution in [0.15, 0.2) is 0 Å². The molecule has 0 aliphatic heterocycles. The molecule has 8 atom stereocenters. The van der Waals surface area contributed by atoms with Crippen LogP contribution in [0.3, 0.4) is 0 Å². The molecule has 362 valence electrons. The molecule has 1 rings (SSSR count). The van der Waals surface area contributed by atoms with E-state index in [0.717, 1.165) is 57.1 Å². The molecule has 19 heteroatoms. The van der Waals surface area contributed by atoms with Crippen LogP contribution < -0.4 is 0 Å². The Balaban J connectivity index is 2.58. The van der Waals surface area contributed by atoms with Crippen LogP contribution in [0, 0.1) is 0 Å². The third-order valence-corrected chi connectivity index (χ3v) is 12.8. The molecule has 0 heterocycles. The van der Waals surface area contributed by atoms with Gasteiger partial charge in [-0.05, 0) is 25.0 Å². The van der Waals surface area contributed by atoms with Crippen molar-refractivity contribution in [1.82, 2.24) is 0 Å². The Labute approximate surface area is 370 Å². The third kappa shape index (κ3) is 30.2. The van der Waals surface area contributed by atoms with Crippen LogP contribution in [0.1, 0.15) is 193 Å². The van der Waals surface area contributed by atoms with E-state index < -0.39 is 83.5 Å². The van der Waals surface area contributed by atoms with Gasteiger partial charge in [0.15, 0.2) is 6.10 Å². The molecule has 0 saturated heterocycles. The highest BCUT2D eigenvalue weighted by molar-refractivity contribution is 7.80. The van der Waals surface area contributed by atoms with Gasteiger partial charge in [0.1, 0.15) is 43.2 Å². The average molecular weight is 937 g/mol. The zero-order chi connectivity index (χ0) is 45.4. The zero-order valence-corrected chi connectivity index (χ0v) is 39.5. The highest BCUT2D eigenvalue weighted by atomic mass is 32.1. The maximum atomic E-state index is 13.0. The fourth-order valence-electron chi connectivity index (χ4n) is 7.36. The van der Waals surface area contributed by atoms with Crippen molar-refractivity contribution in [1.29, 1.82) is 0 Å². The van der Waals surface area contributed by atoms with E-state index in [1.165, 1.54) is 109 Å². The fraction of sp³-hybridized carbons (Fsp3) is 0.952. The number of carbonyl (C=O) groups is 2. The van der Waals surface area contributed by atoms with Crippen LogP contribution in [-0.4, -0.2) is 109 Å². The molecule has 0 radical (unpaired) electrons. The molecule has 16 nitrogen and oxygen atoms in total. The molecule has 0 aromatic carbocycles. The van der Waals surface area contributed by atoms with E-state index in [9.17, 15) is 44.0 Å². The Bertz CT molecular complexity index is 1210. The summed E-state index contributed by atoms with van der Waals surface area (Å²) in [6.07, 6.45) is 16.1. The van der Waals surface area contributed by atoms with Crippen molar-refractivity contribution in [2.45, 2.75) is 236 Å². The molecule has 0 aromatic rings. The first-order chi connectivity index (χ1) is 29.1. The second-order valence-electron chi connectivity index (χ2n) is 16.6. The number of esters is 2. The molecule has 0 bridgehead atoms. The number of unbranched alkanes of at least 4 members (excludes halogenated alkanes) is 25. The minimum atomic E-state index is -5.36. The van der Waals surface area contributed by atoms with Crippen LogP contribution in [0.5, 0.6) is 0 Å². The Kier molecular flexibility index (Phi) is 34.1. The number of phosphoric ester groups is 2. The van der Waals surface area contributed by atoms with Gasteiger partial charge in [0.2, 0.25) is 0 Å². The van der Waals surface area contributed by atoms with Gasteiger partial charge in [-0.15, -0.1) is 0 Å².